The molecular formula is C21H20F3N3O6. The van der Waals surface area contributed by atoms with Crippen molar-refractivity contribution in [2.75, 3.05) is 11.9 Å². The van der Waals surface area contributed by atoms with Crippen LogP contribution in [-0.2, 0) is 11.0 Å². The molecule has 9 nitrogen and oxygen atoms in total. The van der Waals surface area contributed by atoms with Crippen molar-refractivity contribution in [3.63, 3.8) is 0 Å². The van der Waals surface area contributed by atoms with Gasteiger partial charge < -0.3 is 35.5 Å². The van der Waals surface area contributed by atoms with E-state index in [1.165, 1.54) is 30.5 Å². The molecule has 0 amide bonds. The lowest BCUT2D eigenvalue weighted by Crippen LogP contribution is -2.49. The van der Waals surface area contributed by atoms with Crippen molar-refractivity contribution >= 4 is 22.9 Å². The van der Waals surface area contributed by atoms with Crippen LogP contribution in [0.25, 0.3) is 22.2 Å². The standard InChI is InChI=1S/C21H20F3N3O6/c22-21(23,24)17-11-5-4-10(26-14(8-28)18(31)19(32)15(30)9-29)7-13(11)27-20(33)16(17)12-3-1-2-6-25-12/h1-8,14-15,18-19,26,29-32H,9H2,(H,27,33)/t14-,15+,18+,19+/m1/s1. The van der Waals surface area contributed by atoms with E-state index in [0.717, 1.165) is 12.1 Å². The third-order valence-corrected chi connectivity index (χ3v) is 5.00. The largest absolute Gasteiger partial charge is 0.417 e. The first-order valence-corrected chi connectivity index (χ1v) is 9.64. The molecule has 0 aliphatic rings. The molecule has 176 valence electrons. The summed E-state index contributed by atoms with van der Waals surface area (Å²) in [6.45, 7) is -0.875. The summed E-state index contributed by atoms with van der Waals surface area (Å²) in [6, 6.07) is 6.15. The van der Waals surface area contributed by atoms with Gasteiger partial charge >= 0.3 is 6.18 Å². The van der Waals surface area contributed by atoms with Crippen LogP contribution in [0.15, 0.2) is 47.4 Å². The number of aliphatic hydroxyl groups excluding tert-OH is 4. The summed E-state index contributed by atoms with van der Waals surface area (Å²) in [5.41, 5.74) is -3.17. The van der Waals surface area contributed by atoms with Crippen LogP contribution in [0.5, 0.6) is 0 Å². The Labute approximate surface area is 184 Å². The molecule has 0 bridgehead atoms. The second kappa shape index (κ2) is 9.67. The Bertz CT molecular complexity index is 1190. The van der Waals surface area contributed by atoms with Gasteiger partial charge in [0, 0.05) is 17.3 Å². The van der Waals surface area contributed by atoms with Gasteiger partial charge in [-0.15, -0.1) is 0 Å². The number of fused-ring (bicyclic) bond motifs is 1. The van der Waals surface area contributed by atoms with E-state index in [1.807, 2.05) is 0 Å². The van der Waals surface area contributed by atoms with E-state index < -0.39 is 53.8 Å². The van der Waals surface area contributed by atoms with Crippen molar-refractivity contribution in [3.05, 3.63) is 58.5 Å². The van der Waals surface area contributed by atoms with E-state index in [0.29, 0.717) is 0 Å². The van der Waals surface area contributed by atoms with E-state index in [9.17, 15) is 38.1 Å². The molecule has 1 aromatic carbocycles. The molecule has 3 rings (SSSR count). The summed E-state index contributed by atoms with van der Waals surface area (Å²) in [4.78, 5) is 30.2. The average Bonchev–Trinajstić information content (AvgIpc) is 2.79. The number of hydrogen-bond acceptors (Lipinski definition) is 8. The number of nitrogens with zero attached hydrogens (tertiary/aromatic N) is 1. The Morgan fingerprint density at radius 2 is 1.85 bits per heavy atom. The molecule has 0 radical (unpaired) electrons. The number of H-pyrrole nitrogens is 1. The Balaban J connectivity index is 2.07. The zero-order valence-electron chi connectivity index (χ0n) is 16.8. The second-order valence-corrected chi connectivity index (χ2v) is 7.21. The van der Waals surface area contributed by atoms with Crippen molar-refractivity contribution in [1.82, 2.24) is 9.97 Å². The first-order valence-electron chi connectivity index (χ1n) is 9.64. The van der Waals surface area contributed by atoms with Gasteiger partial charge in [-0.05, 0) is 24.3 Å². The zero-order chi connectivity index (χ0) is 24.3. The van der Waals surface area contributed by atoms with Gasteiger partial charge in [0.2, 0.25) is 0 Å². The molecule has 0 saturated carbocycles. The van der Waals surface area contributed by atoms with E-state index >= 15 is 0 Å². The first kappa shape index (κ1) is 24.3. The highest BCUT2D eigenvalue weighted by atomic mass is 19.4. The number of pyridine rings is 2. The number of rotatable bonds is 8. The highest BCUT2D eigenvalue weighted by molar-refractivity contribution is 5.90. The van der Waals surface area contributed by atoms with Crippen molar-refractivity contribution in [2.45, 2.75) is 30.5 Å². The lowest BCUT2D eigenvalue weighted by molar-refractivity contribution is -0.135. The van der Waals surface area contributed by atoms with Crippen molar-refractivity contribution in [1.29, 1.82) is 0 Å². The lowest BCUT2D eigenvalue weighted by Gasteiger charge is -2.27. The number of alkyl halides is 3. The highest BCUT2D eigenvalue weighted by Gasteiger charge is 2.38. The number of aliphatic hydroxyl groups is 4. The van der Waals surface area contributed by atoms with Gasteiger partial charge in [-0.25, -0.2) is 0 Å². The maximum absolute atomic E-state index is 14.0. The molecule has 4 atom stereocenters. The van der Waals surface area contributed by atoms with Gasteiger partial charge in [0.05, 0.1) is 28.9 Å². The van der Waals surface area contributed by atoms with Crippen LogP contribution in [0.4, 0.5) is 18.9 Å². The number of carbonyl (C=O) groups is 1. The average molecular weight is 467 g/mol. The smallest absolute Gasteiger partial charge is 0.394 e. The maximum Gasteiger partial charge on any atom is 0.417 e. The molecular weight excluding hydrogens is 447 g/mol. The molecule has 0 saturated heterocycles. The number of aromatic amines is 1. The van der Waals surface area contributed by atoms with E-state index in [1.54, 1.807) is 0 Å². The Morgan fingerprint density at radius 1 is 1.12 bits per heavy atom. The second-order valence-electron chi connectivity index (χ2n) is 7.21. The summed E-state index contributed by atoms with van der Waals surface area (Å²) in [5.74, 6) is 0. The molecule has 0 fully saturated rings. The molecule has 0 aliphatic heterocycles. The molecule has 12 heteroatoms. The Morgan fingerprint density at radius 3 is 2.42 bits per heavy atom. The Hall–Kier alpha value is -3.32. The summed E-state index contributed by atoms with van der Waals surface area (Å²) in [7, 11) is 0. The molecule has 33 heavy (non-hydrogen) atoms. The lowest BCUT2D eigenvalue weighted by atomic mass is 9.99. The van der Waals surface area contributed by atoms with Crippen molar-refractivity contribution in [3.8, 4) is 11.3 Å². The normalized spacial score (nSPS) is 15.6. The third-order valence-electron chi connectivity index (χ3n) is 5.00. The third kappa shape index (κ3) is 5.03. The minimum absolute atomic E-state index is 0.0405. The van der Waals surface area contributed by atoms with E-state index in [4.69, 9.17) is 5.11 Å². The molecule has 2 heterocycles. The summed E-state index contributed by atoms with van der Waals surface area (Å²) >= 11 is 0. The van der Waals surface area contributed by atoms with Crippen LogP contribution < -0.4 is 10.9 Å². The van der Waals surface area contributed by atoms with Crippen LogP contribution in [0.3, 0.4) is 0 Å². The van der Waals surface area contributed by atoms with Crippen molar-refractivity contribution < 1.29 is 38.4 Å². The van der Waals surface area contributed by atoms with Crippen LogP contribution in [-0.4, -0.2) is 67.6 Å². The number of benzene rings is 1. The fourth-order valence-corrected chi connectivity index (χ4v) is 3.38. The van der Waals surface area contributed by atoms with Gasteiger partial charge in [0.25, 0.3) is 5.56 Å². The van der Waals surface area contributed by atoms with Crippen LogP contribution in [0.1, 0.15) is 5.56 Å². The molecule has 0 unspecified atom stereocenters. The monoisotopic (exact) mass is 467 g/mol. The number of aromatic nitrogens is 2. The molecule has 3 aromatic rings. The van der Waals surface area contributed by atoms with Crippen LogP contribution >= 0.6 is 0 Å². The molecule has 2 aromatic heterocycles. The van der Waals surface area contributed by atoms with Gasteiger partial charge in [-0.3, -0.25) is 9.78 Å². The molecule has 0 spiro atoms. The van der Waals surface area contributed by atoms with Gasteiger partial charge in [-0.1, -0.05) is 12.1 Å². The summed E-state index contributed by atoms with van der Waals surface area (Å²) in [5, 5.41) is 40.4. The van der Waals surface area contributed by atoms with Crippen molar-refractivity contribution in [2.24, 2.45) is 0 Å². The summed E-state index contributed by atoms with van der Waals surface area (Å²) in [6.07, 6.45) is -8.86. The quantitative estimate of drug-likeness (QED) is 0.264. The van der Waals surface area contributed by atoms with Gasteiger partial charge in [-0.2, -0.15) is 13.2 Å². The van der Waals surface area contributed by atoms with Crippen LogP contribution in [0.2, 0.25) is 0 Å². The predicted molar refractivity (Wildman–Crippen MR) is 111 cm³/mol. The van der Waals surface area contributed by atoms with Gasteiger partial charge in [0.1, 0.15) is 30.6 Å². The first-order chi connectivity index (χ1) is 15.6. The van der Waals surface area contributed by atoms with E-state index in [2.05, 4.69) is 15.3 Å². The SMILES string of the molecule is O=C[C@@H](Nc1ccc2c(C(F)(F)F)c(-c3ccccn3)c(=O)[nH]c2c1)[C@H](O)[C@@H](O)[C@@H](O)CO. The molecule has 0 aliphatic carbocycles. The van der Waals surface area contributed by atoms with Crippen LogP contribution in [0, 0.1) is 0 Å². The maximum atomic E-state index is 14.0. The number of carbonyl (C=O) groups excluding carboxylic acids is 1. The Kier molecular flexibility index (Phi) is 7.12. The fourth-order valence-electron chi connectivity index (χ4n) is 3.38. The topological polar surface area (TPSA) is 156 Å². The summed E-state index contributed by atoms with van der Waals surface area (Å²) < 4.78 is 41.9. The number of hydrogen-bond donors (Lipinski definition) is 6. The molecule has 6 N–H and O–H groups in total. The number of nitrogens with one attached hydrogen (secondary N) is 2. The number of aldehydes is 1. The number of halogens is 3. The highest BCUT2D eigenvalue weighted by Crippen LogP contribution is 2.39. The fraction of sp³-hybridized carbons (Fsp3) is 0.286. The van der Waals surface area contributed by atoms with E-state index in [-0.39, 0.29) is 28.6 Å². The number of anilines is 1. The van der Waals surface area contributed by atoms with Gasteiger partial charge in [0.15, 0.2) is 0 Å². The minimum Gasteiger partial charge on any atom is -0.394 e. The zero-order valence-corrected chi connectivity index (χ0v) is 16.8. The minimum atomic E-state index is -4.89. The predicted octanol–water partition coefficient (Wildman–Crippen LogP) is 0.663.